The van der Waals surface area contributed by atoms with Gasteiger partial charge in [-0.05, 0) is 24.3 Å². The first kappa shape index (κ1) is 15.0. The lowest BCUT2D eigenvalue weighted by molar-refractivity contribution is -0.121. The average Bonchev–Trinajstić information content (AvgIpc) is 2.39. The minimum Gasteiger partial charge on any atom is -0.508 e. The first-order chi connectivity index (χ1) is 9.04. The van der Waals surface area contributed by atoms with Crippen molar-refractivity contribution in [2.24, 2.45) is 0 Å². The van der Waals surface area contributed by atoms with Crippen molar-refractivity contribution >= 4 is 11.8 Å². The van der Waals surface area contributed by atoms with Crippen LogP contribution in [0.4, 0.5) is 0 Å². The molecule has 19 heavy (non-hydrogen) atoms. The highest BCUT2D eigenvalue weighted by molar-refractivity contribution is 5.96. The molecule has 0 fully saturated rings. The predicted molar refractivity (Wildman–Crippen MR) is 70.0 cm³/mol. The van der Waals surface area contributed by atoms with Crippen molar-refractivity contribution in [3.63, 3.8) is 0 Å². The quantitative estimate of drug-likeness (QED) is 0.722. The molecular weight excluding hydrogens is 248 g/mol. The number of benzene rings is 1. The molecule has 0 aliphatic carbocycles. The molecule has 2 amide bonds. The second-order valence-corrected chi connectivity index (χ2v) is 4.05. The molecule has 0 aromatic heterocycles. The van der Waals surface area contributed by atoms with Crippen molar-refractivity contribution < 1.29 is 19.4 Å². The third-order valence-electron chi connectivity index (χ3n) is 2.47. The van der Waals surface area contributed by atoms with Crippen LogP contribution in [-0.4, -0.2) is 55.7 Å². The van der Waals surface area contributed by atoms with Gasteiger partial charge in [-0.15, -0.1) is 0 Å². The molecule has 0 bridgehead atoms. The molecule has 0 spiro atoms. The number of ether oxygens (including phenoxy) is 1. The molecule has 1 aromatic carbocycles. The van der Waals surface area contributed by atoms with Crippen LogP contribution in [-0.2, 0) is 9.53 Å². The molecule has 1 aromatic rings. The van der Waals surface area contributed by atoms with E-state index < -0.39 is 0 Å². The fourth-order valence-corrected chi connectivity index (χ4v) is 1.46. The monoisotopic (exact) mass is 266 g/mol. The van der Waals surface area contributed by atoms with E-state index in [9.17, 15) is 9.59 Å². The van der Waals surface area contributed by atoms with E-state index in [2.05, 4.69) is 5.32 Å². The van der Waals surface area contributed by atoms with E-state index in [4.69, 9.17) is 9.84 Å². The highest BCUT2D eigenvalue weighted by Crippen LogP contribution is 2.11. The summed E-state index contributed by atoms with van der Waals surface area (Å²) >= 11 is 0. The number of amides is 2. The van der Waals surface area contributed by atoms with Crippen molar-refractivity contribution in [3.8, 4) is 5.75 Å². The minimum atomic E-state index is -0.276. The number of likely N-dealkylation sites (N-methyl/N-ethyl adjacent to an activating group) is 1. The van der Waals surface area contributed by atoms with Crippen LogP contribution in [0.5, 0.6) is 5.75 Å². The van der Waals surface area contributed by atoms with Crippen molar-refractivity contribution in [2.75, 3.05) is 33.9 Å². The minimum absolute atomic E-state index is 0.0244. The summed E-state index contributed by atoms with van der Waals surface area (Å²) in [6, 6.07) is 5.88. The first-order valence-electron chi connectivity index (χ1n) is 5.84. The number of rotatable bonds is 6. The van der Waals surface area contributed by atoms with Gasteiger partial charge in [0.15, 0.2) is 0 Å². The van der Waals surface area contributed by atoms with E-state index in [1.807, 2.05) is 0 Å². The normalized spacial score (nSPS) is 10.0. The maximum absolute atomic E-state index is 12.0. The van der Waals surface area contributed by atoms with E-state index in [0.29, 0.717) is 18.7 Å². The summed E-state index contributed by atoms with van der Waals surface area (Å²) in [5, 5.41) is 11.8. The number of carbonyl (C=O) groups excluding carboxylic acids is 2. The van der Waals surface area contributed by atoms with Gasteiger partial charge in [0.25, 0.3) is 5.91 Å². The van der Waals surface area contributed by atoms with Crippen LogP contribution in [0.1, 0.15) is 10.4 Å². The van der Waals surface area contributed by atoms with E-state index in [0.717, 1.165) is 0 Å². The Morgan fingerprint density at radius 2 is 1.95 bits per heavy atom. The van der Waals surface area contributed by atoms with Crippen LogP contribution in [0.2, 0.25) is 0 Å². The Labute approximate surface area is 112 Å². The van der Waals surface area contributed by atoms with E-state index in [1.165, 1.54) is 29.2 Å². The smallest absolute Gasteiger partial charge is 0.254 e. The number of hydrogen-bond donors (Lipinski definition) is 2. The number of hydrogen-bond acceptors (Lipinski definition) is 4. The van der Waals surface area contributed by atoms with Crippen molar-refractivity contribution in [2.45, 2.75) is 0 Å². The van der Waals surface area contributed by atoms with Gasteiger partial charge in [-0.1, -0.05) is 0 Å². The number of phenolic OH excluding ortho intramolecular Hbond substituents is 1. The third kappa shape index (κ3) is 4.97. The summed E-state index contributed by atoms with van der Waals surface area (Å²) in [7, 11) is 3.09. The zero-order chi connectivity index (χ0) is 14.3. The van der Waals surface area contributed by atoms with Gasteiger partial charge in [-0.25, -0.2) is 0 Å². The lowest BCUT2D eigenvalue weighted by Crippen LogP contribution is -2.39. The van der Waals surface area contributed by atoms with Crippen molar-refractivity contribution in [1.29, 1.82) is 0 Å². The van der Waals surface area contributed by atoms with Crippen LogP contribution < -0.4 is 5.32 Å². The fraction of sp³-hybridized carbons (Fsp3) is 0.385. The van der Waals surface area contributed by atoms with Crippen molar-refractivity contribution in [3.05, 3.63) is 29.8 Å². The molecule has 0 unspecified atom stereocenters. The summed E-state index contributed by atoms with van der Waals surface area (Å²) in [5.74, 6) is -0.426. The number of aromatic hydroxyl groups is 1. The Balaban J connectivity index is 2.48. The van der Waals surface area contributed by atoms with Gasteiger partial charge in [0.2, 0.25) is 5.91 Å². The van der Waals surface area contributed by atoms with E-state index >= 15 is 0 Å². The standard InChI is InChI=1S/C13H18N2O4/c1-15(9-12(17)14-7-8-19-2)13(18)10-3-5-11(16)6-4-10/h3-6,16H,7-9H2,1-2H3,(H,14,17). The molecule has 6 heteroatoms. The highest BCUT2D eigenvalue weighted by atomic mass is 16.5. The second kappa shape index (κ2) is 7.38. The number of nitrogens with zero attached hydrogens (tertiary/aromatic N) is 1. The molecule has 0 atom stereocenters. The Kier molecular flexibility index (Phi) is 5.81. The highest BCUT2D eigenvalue weighted by Gasteiger charge is 2.14. The summed E-state index contributed by atoms with van der Waals surface area (Å²) in [4.78, 5) is 24.8. The molecule has 104 valence electrons. The van der Waals surface area contributed by atoms with Gasteiger partial charge in [-0.3, -0.25) is 9.59 Å². The van der Waals surface area contributed by atoms with Gasteiger partial charge >= 0.3 is 0 Å². The van der Waals surface area contributed by atoms with Gasteiger partial charge in [0, 0.05) is 26.3 Å². The van der Waals surface area contributed by atoms with Crippen LogP contribution in [0.15, 0.2) is 24.3 Å². The topological polar surface area (TPSA) is 78.9 Å². The summed E-state index contributed by atoms with van der Waals surface area (Å²) in [5.41, 5.74) is 0.421. The van der Waals surface area contributed by atoms with Gasteiger partial charge in [-0.2, -0.15) is 0 Å². The lowest BCUT2D eigenvalue weighted by atomic mass is 10.2. The largest absolute Gasteiger partial charge is 0.508 e. The number of carbonyl (C=O) groups is 2. The number of phenols is 1. The van der Waals surface area contributed by atoms with Crippen LogP contribution in [0.25, 0.3) is 0 Å². The molecule has 0 radical (unpaired) electrons. The van der Waals surface area contributed by atoms with Crippen molar-refractivity contribution in [1.82, 2.24) is 10.2 Å². The SMILES string of the molecule is COCCNC(=O)CN(C)C(=O)c1ccc(O)cc1. The van der Waals surface area contributed by atoms with Gasteiger partial charge in [0.1, 0.15) is 5.75 Å². The zero-order valence-electron chi connectivity index (χ0n) is 11.0. The number of methoxy groups -OCH3 is 1. The fourth-order valence-electron chi connectivity index (χ4n) is 1.46. The molecule has 6 nitrogen and oxygen atoms in total. The molecule has 0 saturated carbocycles. The van der Waals surface area contributed by atoms with Crippen LogP contribution in [0, 0.1) is 0 Å². The molecule has 2 N–H and O–H groups in total. The average molecular weight is 266 g/mol. The lowest BCUT2D eigenvalue weighted by Gasteiger charge is -2.16. The summed E-state index contributed by atoms with van der Waals surface area (Å²) in [6.45, 7) is 0.821. The molecular formula is C13H18N2O4. The maximum atomic E-state index is 12.0. The Hall–Kier alpha value is -2.08. The molecule has 0 aliphatic rings. The van der Waals surface area contributed by atoms with Gasteiger partial charge < -0.3 is 20.1 Å². The summed E-state index contributed by atoms with van der Waals surface area (Å²) < 4.78 is 4.81. The Morgan fingerprint density at radius 1 is 1.32 bits per heavy atom. The third-order valence-corrected chi connectivity index (χ3v) is 2.47. The first-order valence-corrected chi connectivity index (χ1v) is 5.84. The maximum Gasteiger partial charge on any atom is 0.254 e. The Bertz CT molecular complexity index is 431. The van der Waals surface area contributed by atoms with E-state index in [1.54, 1.807) is 14.2 Å². The molecule has 0 saturated heterocycles. The Morgan fingerprint density at radius 3 is 2.53 bits per heavy atom. The molecule has 0 heterocycles. The summed E-state index contributed by atoms with van der Waals surface area (Å²) in [6.07, 6.45) is 0. The molecule has 1 rings (SSSR count). The second-order valence-electron chi connectivity index (χ2n) is 4.05. The number of nitrogens with one attached hydrogen (secondary N) is 1. The van der Waals surface area contributed by atoms with E-state index in [-0.39, 0.29) is 24.1 Å². The van der Waals surface area contributed by atoms with Gasteiger partial charge in [0.05, 0.1) is 13.2 Å². The van der Waals surface area contributed by atoms with Crippen LogP contribution >= 0.6 is 0 Å². The predicted octanol–water partition coefficient (Wildman–Crippen LogP) is 0.227. The molecule has 0 aliphatic heterocycles. The van der Waals surface area contributed by atoms with Crippen LogP contribution in [0.3, 0.4) is 0 Å². The zero-order valence-corrected chi connectivity index (χ0v) is 11.0.